The molecule has 7 heteroatoms. The van der Waals surface area contributed by atoms with Crippen molar-refractivity contribution in [2.45, 2.75) is 6.42 Å². The summed E-state index contributed by atoms with van der Waals surface area (Å²) in [7, 11) is 3.08. The molecule has 0 aliphatic heterocycles. The molecule has 1 amide bonds. The molecule has 0 fully saturated rings. The van der Waals surface area contributed by atoms with E-state index in [1.54, 1.807) is 55.8 Å². The third kappa shape index (κ3) is 5.44. The molecule has 0 bridgehead atoms. The summed E-state index contributed by atoms with van der Waals surface area (Å²) < 4.78 is 23.4. The Morgan fingerprint density at radius 3 is 2.48 bits per heavy atom. The standard InChI is InChI=1S/C22H22FN3O3/c1-28-18-8-10-19(21(13-18)29-2)26-22(27)20-9-7-17(14-25-20)24-12-11-15-3-5-16(23)6-4-15/h3-10,13-14,24H,11-12H2,1-2H3,(H,26,27). The molecule has 0 spiro atoms. The zero-order chi connectivity index (χ0) is 20.6. The molecule has 0 unspecified atom stereocenters. The Morgan fingerprint density at radius 1 is 1.03 bits per heavy atom. The zero-order valence-electron chi connectivity index (χ0n) is 16.2. The Bertz CT molecular complexity index is 960. The molecule has 29 heavy (non-hydrogen) atoms. The number of nitrogens with zero attached hydrogens (tertiary/aromatic N) is 1. The van der Waals surface area contributed by atoms with E-state index in [0.717, 1.165) is 17.7 Å². The number of hydrogen-bond acceptors (Lipinski definition) is 5. The van der Waals surface area contributed by atoms with Crippen LogP contribution in [0.3, 0.4) is 0 Å². The number of carbonyl (C=O) groups is 1. The van der Waals surface area contributed by atoms with Gasteiger partial charge in [-0.3, -0.25) is 4.79 Å². The van der Waals surface area contributed by atoms with Crippen LogP contribution in [0.2, 0.25) is 0 Å². The molecule has 0 saturated heterocycles. The van der Waals surface area contributed by atoms with Crippen molar-refractivity contribution in [1.29, 1.82) is 0 Å². The maximum absolute atomic E-state index is 12.9. The fraction of sp³-hybridized carbons (Fsp3) is 0.182. The van der Waals surface area contributed by atoms with E-state index in [-0.39, 0.29) is 17.4 Å². The average Bonchev–Trinajstić information content (AvgIpc) is 2.76. The van der Waals surface area contributed by atoms with Gasteiger partial charge in [-0.2, -0.15) is 0 Å². The third-order valence-corrected chi connectivity index (χ3v) is 4.31. The Labute approximate surface area is 168 Å². The summed E-state index contributed by atoms with van der Waals surface area (Å²) >= 11 is 0. The summed E-state index contributed by atoms with van der Waals surface area (Å²) in [6.07, 6.45) is 2.35. The second kappa shape index (κ2) is 9.54. The highest BCUT2D eigenvalue weighted by Gasteiger charge is 2.12. The van der Waals surface area contributed by atoms with Crippen LogP contribution in [0.4, 0.5) is 15.8 Å². The van der Waals surface area contributed by atoms with Crippen molar-refractivity contribution in [3.05, 3.63) is 77.9 Å². The van der Waals surface area contributed by atoms with E-state index < -0.39 is 0 Å². The maximum atomic E-state index is 12.9. The summed E-state index contributed by atoms with van der Waals surface area (Å²) in [5, 5.41) is 6.02. The highest BCUT2D eigenvalue weighted by molar-refractivity contribution is 6.03. The van der Waals surface area contributed by atoms with E-state index in [0.29, 0.717) is 23.7 Å². The van der Waals surface area contributed by atoms with Crippen LogP contribution in [-0.2, 0) is 6.42 Å². The first kappa shape index (κ1) is 20.1. The first-order valence-electron chi connectivity index (χ1n) is 9.07. The minimum Gasteiger partial charge on any atom is -0.497 e. The topological polar surface area (TPSA) is 72.5 Å². The van der Waals surface area contributed by atoms with E-state index in [2.05, 4.69) is 15.6 Å². The molecule has 2 aromatic carbocycles. The molecular weight excluding hydrogens is 373 g/mol. The van der Waals surface area contributed by atoms with Crippen molar-refractivity contribution in [1.82, 2.24) is 4.98 Å². The molecule has 1 aromatic heterocycles. The van der Waals surface area contributed by atoms with Gasteiger partial charge >= 0.3 is 0 Å². The minimum absolute atomic E-state index is 0.243. The molecule has 3 rings (SSSR count). The second-order valence-corrected chi connectivity index (χ2v) is 6.26. The number of pyridine rings is 1. The SMILES string of the molecule is COc1ccc(NC(=O)c2ccc(NCCc3ccc(F)cc3)cn2)c(OC)c1. The van der Waals surface area contributed by atoms with Crippen LogP contribution in [0.15, 0.2) is 60.8 Å². The molecule has 1 heterocycles. The van der Waals surface area contributed by atoms with E-state index in [1.165, 1.54) is 19.2 Å². The van der Waals surface area contributed by atoms with Gasteiger partial charge < -0.3 is 20.1 Å². The summed E-state index contributed by atoms with van der Waals surface area (Å²) in [4.78, 5) is 16.7. The average molecular weight is 395 g/mol. The van der Waals surface area contributed by atoms with Gasteiger partial charge in [-0.1, -0.05) is 12.1 Å². The van der Waals surface area contributed by atoms with E-state index in [4.69, 9.17) is 9.47 Å². The van der Waals surface area contributed by atoms with Gasteiger partial charge in [0.05, 0.1) is 31.8 Å². The lowest BCUT2D eigenvalue weighted by molar-refractivity contribution is 0.102. The largest absolute Gasteiger partial charge is 0.497 e. The van der Waals surface area contributed by atoms with Crippen LogP contribution in [0.1, 0.15) is 16.1 Å². The lowest BCUT2D eigenvalue weighted by Gasteiger charge is -2.12. The van der Waals surface area contributed by atoms with Crippen LogP contribution < -0.4 is 20.1 Å². The number of aromatic nitrogens is 1. The van der Waals surface area contributed by atoms with Gasteiger partial charge in [0, 0.05) is 12.6 Å². The van der Waals surface area contributed by atoms with Gasteiger partial charge in [0.2, 0.25) is 0 Å². The summed E-state index contributed by atoms with van der Waals surface area (Å²) in [5.41, 5.74) is 2.65. The minimum atomic E-state index is -0.341. The number of halogens is 1. The van der Waals surface area contributed by atoms with Crippen molar-refractivity contribution in [3.63, 3.8) is 0 Å². The lowest BCUT2D eigenvalue weighted by Crippen LogP contribution is -2.14. The molecule has 0 atom stereocenters. The number of hydrogen-bond donors (Lipinski definition) is 2. The quantitative estimate of drug-likeness (QED) is 0.600. The molecule has 0 aliphatic carbocycles. The number of ether oxygens (including phenoxy) is 2. The normalized spacial score (nSPS) is 10.3. The van der Waals surface area contributed by atoms with Crippen LogP contribution >= 0.6 is 0 Å². The van der Waals surface area contributed by atoms with Gasteiger partial charge in [-0.05, 0) is 48.4 Å². The maximum Gasteiger partial charge on any atom is 0.274 e. The molecule has 150 valence electrons. The number of benzene rings is 2. The van der Waals surface area contributed by atoms with Gasteiger partial charge in [-0.25, -0.2) is 9.37 Å². The fourth-order valence-corrected chi connectivity index (χ4v) is 2.72. The van der Waals surface area contributed by atoms with Gasteiger partial charge in [0.25, 0.3) is 5.91 Å². The van der Waals surface area contributed by atoms with Gasteiger partial charge in [0.15, 0.2) is 0 Å². The van der Waals surface area contributed by atoms with E-state index >= 15 is 0 Å². The molecular formula is C22H22FN3O3. The van der Waals surface area contributed by atoms with Crippen LogP contribution in [-0.4, -0.2) is 31.7 Å². The highest BCUT2D eigenvalue weighted by Crippen LogP contribution is 2.29. The Morgan fingerprint density at radius 2 is 1.83 bits per heavy atom. The molecule has 2 N–H and O–H groups in total. The summed E-state index contributed by atoms with van der Waals surface area (Å²) in [5.74, 6) is 0.546. The Hall–Kier alpha value is -3.61. The summed E-state index contributed by atoms with van der Waals surface area (Å²) in [6, 6.07) is 15.0. The Balaban J connectivity index is 1.56. The number of amides is 1. The molecule has 0 saturated carbocycles. The third-order valence-electron chi connectivity index (χ3n) is 4.31. The molecule has 3 aromatic rings. The highest BCUT2D eigenvalue weighted by atomic mass is 19.1. The molecule has 6 nitrogen and oxygen atoms in total. The molecule has 0 aliphatic rings. The first-order valence-corrected chi connectivity index (χ1v) is 9.07. The fourth-order valence-electron chi connectivity index (χ4n) is 2.72. The predicted octanol–water partition coefficient (Wildman–Crippen LogP) is 4.14. The van der Waals surface area contributed by atoms with Crippen LogP contribution in [0, 0.1) is 5.82 Å². The van der Waals surface area contributed by atoms with E-state index in [1.807, 2.05) is 0 Å². The monoisotopic (exact) mass is 395 g/mol. The van der Waals surface area contributed by atoms with Crippen LogP contribution in [0.25, 0.3) is 0 Å². The molecule has 0 radical (unpaired) electrons. The second-order valence-electron chi connectivity index (χ2n) is 6.26. The smallest absolute Gasteiger partial charge is 0.274 e. The van der Waals surface area contributed by atoms with Gasteiger partial charge in [-0.15, -0.1) is 0 Å². The number of rotatable bonds is 8. The number of anilines is 2. The van der Waals surface area contributed by atoms with Gasteiger partial charge in [0.1, 0.15) is 23.0 Å². The van der Waals surface area contributed by atoms with Crippen molar-refractivity contribution in [2.24, 2.45) is 0 Å². The van der Waals surface area contributed by atoms with Crippen LogP contribution in [0.5, 0.6) is 11.5 Å². The number of nitrogens with one attached hydrogen (secondary N) is 2. The number of carbonyl (C=O) groups excluding carboxylic acids is 1. The Kier molecular flexibility index (Phi) is 6.63. The zero-order valence-corrected chi connectivity index (χ0v) is 16.2. The number of methoxy groups -OCH3 is 2. The van der Waals surface area contributed by atoms with E-state index in [9.17, 15) is 9.18 Å². The van der Waals surface area contributed by atoms with Crippen molar-refractivity contribution >= 4 is 17.3 Å². The first-order chi connectivity index (χ1) is 14.1. The predicted molar refractivity (Wildman–Crippen MR) is 110 cm³/mol. The van der Waals surface area contributed by atoms with Crippen molar-refractivity contribution < 1.29 is 18.7 Å². The van der Waals surface area contributed by atoms with Crippen molar-refractivity contribution in [3.8, 4) is 11.5 Å². The summed E-state index contributed by atoms with van der Waals surface area (Å²) in [6.45, 7) is 0.669. The van der Waals surface area contributed by atoms with Crippen molar-refractivity contribution in [2.75, 3.05) is 31.4 Å². The lowest BCUT2D eigenvalue weighted by atomic mass is 10.1.